The molecule has 1 aliphatic rings. The first-order valence-corrected chi connectivity index (χ1v) is 13.3. The van der Waals surface area contributed by atoms with Gasteiger partial charge in [-0.2, -0.15) is 0 Å². The lowest BCUT2D eigenvalue weighted by atomic mass is 9.95. The van der Waals surface area contributed by atoms with Gasteiger partial charge in [-0.25, -0.2) is 13.4 Å². The summed E-state index contributed by atoms with van der Waals surface area (Å²) in [4.78, 5) is 17.4. The molecule has 188 valence electrons. The number of aliphatic hydroxyl groups excluding tert-OH is 1. The summed E-state index contributed by atoms with van der Waals surface area (Å²) in [6, 6.07) is 11.9. The number of amides is 1. The minimum absolute atomic E-state index is 0. The second-order valence-corrected chi connectivity index (χ2v) is 10.7. The van der Waals surface area contributed by atoms with Gasteiger partial charge in [0, 0.05) is 23.9 Å². The van der Waals surface area contributed by atoms with Crippen molar-refractivity contribution in [3.63, 3.8) is 0 Å². The number of nitrogens with zero attached hydrogens (tertiary/aromatic N) is 1. The van der Waals surface area contributed by atoms with Crippen molar-refractivity contribution >= 4 is 34.0 Å². The Labute approximate surface area is 208 Å². The van der Waals surface area contributed by atoms with Crippen LogP contribution in [0.4, 0.5) is 5.82 Å². The van der Waals surface area contributed by atoms with Gasteiger partial charge in [0.05, 0.1) is 12.1 Å². The van der Waals surface area contributed by atoms with Crippen molar-refractivity contribution in [2.45, 2.75) is 68.8 Å². The predicted octanol–water partition coefficient (Wildman–Crippen LogP) is 2.57. The molecule has 1 aromatic heterocycles. The molecule has 2 aromatic rings. The van der Waals surface area contributed by atoms with E-state index in [0.717, 1.165) is 37.6 Å². The molecule has 1 aliphatic heterocycles. The first kappa shape index (κ1) is 28.0. The quantitative estimate of drug-likeness (QED) is 0.387. The third-order valence-corrected chi connectivity index (χ3v) is 6.96. The first-order chi connectivity index (χ1) is 15.7. The van der Waals surface area contributed by atoms with Crippen LogP contribution in [0.1, 0.15) is 49.0 Å². The van der Waals surface area contributed by atoms with Crippen LogP contribution in [-0.4, -0.2) is 61.4 Å². The SMILES string of the molecule is CC[C@H](C)Nc1cc(C(=O)N[C@@H](Cc2ccccc2)[C@H](O)[C@H]2CCCN2)cc(S(C)(=O)=O)n1.Cl. The standard InChI is InChI=1S/C24H34N4O4S.ClH/c1-4-16(2)26-21-14-18(15-22(28-21)33(3,31)32)24(30)27-20(13-17-9-6-5-7-10-17)23(29)19-11-8-12-25-19;/h5-7,9-10,14-16,19-20,23,25,29H,4,8,11-13H2,1-3H3,(H,26,28)(H,27,30);1H/t16-,19+,20-,23+;/m0./s1. The van der Waals surface area contributed by atoms with Crippen molar-refractivity contribution in [1.82, 2.24) is 15.6 Å². The molecule has 3 rings (SSSR count). The van der Waals surface area contributed by atoms with Crippen molar-refractivity contribution < 1.29 is 18.3 Å². The minimum Gasteiger partial charge on any atom is -0.389 e. The molecule has 0 bridgehead atoms. The average molecular weight is 511 g/mol. The van der Waals surface area contributed by atoms with Crippen LogP contribution in [0.5, 0.6) is 0 Å². The van der Waals surface area contributed by atoms with E-state index in [9.17, 15) is 18.3 Å². The Morgan fingerprint density at radius 3 is 2.56 bits per heavy atom. The number of anilines is 1. The van der Waals surface area contributed by atoms with Crippen LogP contribution in [0.15, 0.2) is 47.5 Å². The van der Waals surface area contributed by atoms with Gasteiger partial charge in [-0.05, 0) is 56.8 Å². The number of hydrogen-bond acceptors (Lipinski definition) is 7. The summed E-state index contributed by atoms with van der Waals surface area (Å²) in [5.74, 6) is -0.123. The number of carbonyl (C=O) groups is 1. The lowest BCUT2D eigenvalue weighted by Gasteiger charge is -2.29. The molecule has 0 spiro atoms. The molecule has 2 heterocycles. The fraction of sp³-hybridized carbons (Fsp3) is 0.500. The van der Waals surface area contributed by atoms with Crippen molar-refractivity contribution in [2.75, 3.05) is 18.1 Å². The van der Waals surface area contributed by atoms with Crippen LogP contribution in [0.2, 0.25) is 0 Å². The summed E-state index contributed by atoms with van der Waals surface area (Å²) in [6.07, 6.45) is 3.35. The molecule has 1 amide bonds. The third-order valence-electron chi connectivity index (χ3n) is 5.99. The predicted molar refractivity (Wildman–Crippen MR) is 136 cm³/mol. The van der Waals surface area contributed by atoms with Crippen molar-refractivity contribution in [3.05, 3.63) is 53.6 Å². The molecule has 34 heavy (non-hydrogen) atoms. The van der Waals surface area contributed by atoms with E-state index in [-0.39, 0.29) is 35.1 Å². The normalized spacial score (nSPS) is 18.4. The Morgan fingerprint density at radius 2 is 1.97 bits per heavy atom. The summed E-state index contributed by atoms with van der Waals surface area (Å²) < 4.78 is 24.4. The van der Waals surface area contributed by atoms with Crippen LogP contribution < -0.4 is 16.0 Å². The first-order valence-electron chi connectivity index (χ1n) is 11.4. The Bertz CT molecular complexity index is 1050. The zero-order valence-corrected chi connectivity index (χ0v) is 21.5. The second kappa shape index (κ2) is 12.5. The molecule has 0 unspecified atom stereocenters. The molecular weight excluding hydrogens is 476 g/mol. The third kappa shape index (κ3) is 7.66. The second-order valence-electron chi connectivity index (χ2n) is 8.77. The highest BCUT2D eigenvalue weighted by Gasteiger charge is 2.31. The maximum atomic E-state index is 13.3. The summed E-state index contributed by atoms with van der Waals surface area (Å²) in [7, 11) is -3.62. The summed E-state index contributed by atoms with van der Waals surface area (Å²) in [6.45, 7) is 4.79. The molecule has 1 saturated heterocycles. The van der Waals surface area contributed by atoms with E-state index in [0.29, 0.717) is 12.2 Å². The van der Waals surface area contributed by atoms with Crippen LogP contribution in [0.3, 0.4) is 0 Å². The van der Waals surface area contributed by atoms with Gasteiger partial charge >= 0.3 is 0 Å². The minimum atomic E-state index is -3.62. The molecule has 0 radical (unpaired) electrons. The number of nitrogens with one attached hydrogen (secondary N) is 3. The highest BCUT2D eigenvalue weighted by atomic mass is 35.5. The van der Waals surface area contributed by atoms with Gasteiger partial charge in [-0.15, -0.1) is 12.4 Å². The smallest absolute Gasteiger partial charge is 0.251 e. The highest BCUT2D eigenvalue weighted by Crippen LogP contribution is 2.19. The molecule has 4 N–H and O–H groups in total. The Hall–Kier alpha value is -2.20. The molecule has 8 nitrogen and oxygen atoms in total. The van der Waals surface area contributed by atoms with E-state index in [2.05, 4.69) is 20.9 Å². The van der Waals surface area contributed by atoms with E-state index >= 15 is 0 Å². The van der Waals surface area contributed by atoms with E-state index in [1.807, 2.05) is 44.2 Å². The summed E-state index contributed by atoms with van der Waals surface area (Å²) in [5.41, 5.74) is 1.17. The molecule has 0 aliphatic carbocycles. The lowest BCUT2D eigenvalue weighted by molar-refractivity contribution is 0.0737. The number of aliphatic hydroxyl groups is 1. The molecule has 1 fully saturated rings. The van der Waals surface area contributed by atoms with Crippen LogP contribution in [-0.2, 0) is 16.3 Å². The van der Waals surface area contributed by atoms with Crippen LogP contribution in [0.25, 0.3) is 0 Å². The molecule has 10 heteroatoms. The Kier molecular flexibility index (Phi) is 10.3. The summed E-state index contributed by atoms with van der Waals surface area (Å²) >= 11 is 0. The molecule has 0 saturated carbocycles. The van der Waals surface area contributed by atoms with Crippen molar-refractivity contribution in [1.29, 1.82) is 0 Å². The van der Waals surface area contributed by atoms with E-state index in [1.165, 1.54) is 6.07 Å². The number of hydrogen-bond donors (Lipinski definition) is 4. The number of carbonyl (C=O) groups excluding carboxylic acids is 1. The fourth-order valence-electron chi connectivity index (χ4n) is 3.92. The van der Waals surface area contributed by atoms with E-state index < -0.39 is 27.9 Å². The van der Waals surface area contributed by atoms with Crippen LogP contribution >= 0.6 is 12.4 Å². The number of aromatic nitrogens is 1. The number of halogens is 1. The van der Waals surface area contributed by atoms with Gasteiger partial charge in [-0.1, -0.05) is 37.3 Å². The van der Waals surface area contributed by atoms with E-state index in [4.69, 9.17) is 0 Å². The topological polar surface area (TPSA) is 120 Å². The highest BCUT2D eigenvalue weighted by molar-refractivity contribution is 7.90. The lowest BCUT2D eigenvalue weighted by Crippen LogP contribution is -2.52. The summed E-state index contributed by atoms with van der Waals surface area (Å²) in [5, 5.41) is 20.3. The molecular formula is C24H35ClN4O4S. The maximum absolute atomic E-state index is 13.3. The molecule has 1 aromatic carbocycles. The Balaban J connectivity index is 0.00000408. The van der Waals surface area contributed by atoms with Crippen LogP contribution in [0, 0.1) is 0 Å². The van der Waals surface area contributed by atoms with Gasteiger partial charge in [0.2, 0.25) is 0 Å². The largest absolute Gasteiger partial charge is 0.389 e. The van der Waals surface area contributed by atoms with Gasteiger partial charge < -0.3 is 21.1 Å². The van der Waals surface area contributed by atoms with Gasteiger partial charge in [0.1, 0.15) is 5.82 Å². The Morgan fingerprint density at radius 1 is 1.26 bits per heavy atom. The van der Waals surface area contributed by atoms with Gasteiger partial charge in [0.25, 0.3) is 5.91 Å². The number of pyridine rings is 1. The fourth-order valence-corrected chi connectivity index (χ4v) is 4.52. The average Bonchev–Trinajstić information content (AvgIpc) is 3.33. The van der Waals surface area contributed by atoms with Gasteiger partial charge in [0.15, 0.2) is 14.9 Å². The maximum Gasteiger partial charge on any atom is 0.251 e. The van der Waals surface area contributed by atoms with Crippen molar-refractivity contribution in [2.24, 2.45) is 0 Å². The number of benzene rings is 1. The zero-order chi connectivity index (χ0) is 24.0. The van der Waals surface area contributed by atoms with Gasteiger partial charge in [-0.3, -0.25) is 4.79 Å². The monoisotopic (exact) mass is 510 g/mol. The van der Waals surface area contributed by atoms with Crippen molar-refractivity contribution in [3.8, 4) is 0 Å². The molecule has 4 atom stereocenters. The number of rotatable bonds is 10. The van der Waals surface area contributed by atoms with E-state index in [1.54, 1.807) is 6.07 Å². The number of sulfone groups is 1. The zero-order valence-electron chi connectivity index (χ0n) is 19.8.